The second kappa shape index (κ2) is 7.59. The number of aliphatic hydroxyl groups is 1. The van der Waals surface area contributed by atoms with Gasteiger partial charge in [-0.2, -0.15) is 0 Å². The molecule has 1 aliphatic rings. The Labute approximate surface area is 110 Å². The van der Waals surface area contributed by atoms with Crippen molar-refractivity contribution in [2.45, 2.75) is 44.8 Å². The van der Waals surface area contributed by atoms with Crippen LogP contribution in [0.5, 0.6) is 0 Å². The van der Waals surface area contributed by atoms with Gasteiger partial charge < -0.3 is 19.6 Å². The summed E-state index contributed by atoms with van der Waals surface area (Å²) >= 11 is 0. The highest BCUT2D eigenvalue weighted by Gasteiger charge is 2.30. The van der Waals surface area contributed by atoms with Crippen molar-refractivity contribution in [1.29, 1.82) is 0 Å². The predicted molar refractivity (Wildman–Crippen MR) is 70.5 cm³/mol. The lowest BCUT2D eigenvalue weighted by Gasteiger charge is -2.36. The molecule has 1 rings (SSSR count). The van der Waals surface area contributed by atoms with Gasteiger partial charge in [-0.25, -0.2) is 4.79 Å². The minimum Gasteiger partial charge on any atom is -0.449 e. The lowest BCUT2D eigenvalue weighted by atomic mass is 9.99. The summed E-state index contributed by atoms with van der Waals surface area (Å²) in [6, 6.07) is -0.0832. The second-order valence-electron chi connectivity index (χ2n) is 5.27. The highest BCUT2D eigenvalue weighted by atomic mass is 16.6. The number of piperidine rings is 1. The Bertz CT molecular complexity index is 257. The van der Waals surface area contributed by atoms with Gasteiger partial charge in [0.25, 0.3) is 0 Å². The van der Waals surface area contributed by atoms with E-state index in [0.29, 0.717) is 13.2 Å². The van der Waals surface area contributed by atoms with E-state index in [1.54, 1.807) is 11.8 Å². The first kappa shape index (κ1) is 15.2. The van der Waals surface area contributed by atoms with Crippen molar-refractivity contribution in [3.63, 3.8) is 0 Å². The van der Waals surface area contributed by atoms with Gasteiger partial charge in [0.15, 0.2) is 0 Å². The van der Waals surface area contributed by atoms with Crippen molar-refractivity contribution in [2.24, 2.45) is 0 Å². The summed E-state index contributed by atoms with van der Waals surface area (Å²) in [5.41, 5.74) is 0. The first-order valence-corrected chi connectivity index (χ1v) is 6.78. The van der Waals surface area contributed by atoms with Gasteiger partial charge in [-0.3, -0.25) is 0 Å². The Morgan fingerprint density at radius 1 is 1.50 bits per heavy atom. The van der Waals surface area contributed by atoms with Crippen LogP contribution >= 0.6 is 0 Å². The van der Waals surface area contributed by atoms with Gasteiger partial charge >= 0.3 is 6.09 Å². The van der Waals surface area contributed by atoms with Crippen molar-refractivity contribution in [2.75, 3.05) is 33.8 Å². The molecule has 0 spiro atoms. The number of ether oxygens (including phenoxy) is 1. The van der Waals surface area contributed by atoms with Crippen LogP contribution < -0.4 is 0 Å². The molecule has 2 atom stereocenters. The quantitative estimate of drug-likeness (QED) is 0.755. The van der Waals surface area contributed by atoms with E-state index in [2.05, 4.69) is 4.90 Å². The van der Waals surface area contributed by atoms with E-state index in [0.717, 1.165) is 32.2 Å². The SMILES string of the molecule is CC(O)C1CCCCN1C(=O)OCCCN(C)C. The van der Waals surface area contributed by atoms with Crippen LogP contribution in [-0.4, -0.2) is 66.9 Å². The first-order valence-electron chi connectivity index (χ1n) is 6.78. The molecule has 0 aromatic heterocycles. The van der Waals surface area contributed by atoms with Crippen LogP contribution in [0.25, 0.3) is 0 Å². The van der Waals surface area contributed by atoms with Crippen LogP contribution in [0, 0.1) is 0 Å². The predicted octanol–water partition coefficient (Wildman–Crippen LogP) is 1.31. The van der Waals surface area contributed by atoms with Crippen molar-refractivity contribution in [3.05, 3.63) is 0 Å². The van der Waals surface area contributed by atoms with Gasteiger partial charge in [-0.1, -0.05) is 0 Å². The smallest absolute Gasteiger partial charge is 0.410 e. The summed E-state index contributed by atoms with van der Waals surface area (Å²) in [6.07, 6.45) is 3.01. The summed E-state index contributed by atoms with van der Waals surface area (Å²) < 4.78 is 5.26. The zero-order valence-electron chi connectivity index (χ0n) is 11.8. The molecule has 0 aromatic carbocycles. The molecule has 1 saturated heterocycles. The third-order valence-corrected chi connectivity index (χ3v) is 3.32. The molecule has 106 valence electrons. The summed E-state index contributed by atoms with van der Waals surface area (Å²) in [5, 5.41) is 9.68. The molecule has 1 heterocycles. The average Bonchev–Trinajstić information content (AvgIpc) is 2.34. The maximum absolute atomic E-state index is 11.9. The molecule has 0 radical (unpaired) electrons. The van der Waals surface area contributed by atoms with Crippen LogP contribution in [0.2, 0.25) is 0 Å². The second-order valence-corrected chi connectivity index (χ2v) is 5.27. The van der Waals surface area contributed by atoms with Crippen molar-refractivity contribution >= 4 is 6.09 Å². The number of amides is 1. The number of nitrogens with zero attached hydrogens (tertiary/aromatic N) is 2. The molecule has 5 nitrogen and oxygen atoms in total. The first-order chi connectivity index (χ1) is 8.52. The van der Waals surface area contributed by atoms with Gasteiger partial charge in [0.05, 0.1) is 18.8 Å². The highest BCUT2D eigenvalue weighted by Crippen LogP contribution is 2.20. The average molecular weight is 258 g/mol. The molecule has 0 aromatic rings. The third-order valence-electron chi connectivity index (χ3n) is 3.32. The number of likely N-dealkylation sites (tertiary alicyclic amines) is 1. The van der Waals surface area contributed by atoms with Crippen molar-refractivity contribution < 1.29 is 14.6 Å². The molecule has 0 saturated carbocycles. The van der Waals surface area contributed by atoms with Crippen LogP contribution in [0.15, 0.2) is 0 Å². The fourth-order valence-electron chi connectivity index (χ4n) is 2.31. The fraction of sp³-hybridized carbons (Fsp3) is 0.923. The highest BCUT2D eigenvalue weighted by molar-refractivity contribution is 5.68. The van der Waals surface area contributed by atoms with E-state index in [9.17, 15) is 9.90 Å². The fourth-order valence-corrected chi connectivity index (χ4v) is 2.31. The van der Waals surface area contributed by atoms with Crippen molar-refractivity contribution in [1.82, 2.24) is 9.80 Å². The number of carbonyl (C=O) groups is 1. The Morgan fingerprint density at radius 2 is 2.22 bits per heavy atom. The number of aliphatic hydroxyl groups excluding tert-OH is 1. The maximum Gasteiger partial charge on any atom is 0.410 e. The number of hydrogen-bond donors (Lipinski definition) is 1. The molecule has 1 fully saturated rings. The molecular formula is C13H26N2O3. The summed E-state index contributed by atoms with van der Waals surface area (Å²) in [6.45, 7) is 3.79. The molecule has 0 bridgehead atoms. The van der Waals surface area contributed by atoms with E-state index in [-0.39, 0.29) is 12.1 Å². The summed E-state index contributed by atoms with van der Waals surface area (Å²) in [7, 11) is 3.99. The van der Waals surface area contributed by atoms with Gasteiger partial charge in [0, 0.05) is 13.1 Å². The van der Waals surface area contributed by atoms with E-state index < -0.39 is 6.10 Å². The Morgan fingerprint density at radius 3 is 2.83 bits per heavy atom. The van der Waals surface area contributed by atoms with E-state index in [1.165, 1.54) is 0 Å². The molecule has 5 heteroatoms. The maximum atomic E-state index is 11.9. The van der Waals surface area contributed by atoms with Crippen LogP contribution in [0.1, 0.15) is 32.6 Å². The topological polar surface area (TPSA) is 53.0 Å². The normalized spacial score (nSPS) is 22.1. The van der Waals surface area contributed by atoms with Crippen molar-refractivity contribution in [3.8, 4) is 0 Å². The Hall–Kier alpha value is -0.810. The van der Waals surface area contributed by atoms with E-state index in [4.69, 9.17) is 4.74 Å². The Kier molecular flexibility index (Phi) is 6.43. The minimum absolute atomic E-state index is 0.0832. The van der Waals surface area contributed by atoms with Gasteiger partial charge in [-0.05, 0) is 46.7 Å². The summed E-state index contributed by atoms with van der Waals surface area (Å²) in [5.74, 6) is 0. The number of rotatable bonds is 5. The molecular weight excluding hydrogens is 232 g/mol. The van der Waals surface area contributed by atoms with Gasteiger partial charge in [-0.15, -0.1) is 0 Å². The van der Waals surface area contributed by atoms with E-state index >= 15 is 0 Å². The molecule has 2 unspecified atom stereocenters. The lowest BCUT2D eigenvalue weighted by Crippen LogP contribution is -2.49. The van der Waals surface area contributed by atoms with Crippen LogP contribution in [0.4, 0.5) is 4.79 Å². The van der Waals surface area contributed by atoms with Gasteiger partial charge in [0.2, 0.25) is 0 Å². The lowest BCUT2D eigenvalue weighted by molar-refractivity contribution is 0.0231. The molecule has 0 aliphatic carbocycles. The zero-order chi connectivity index (χ0) is 13.5. The zero-order valence-corrected chi connectivity index (χ0v) is 11.8. The standard InChI is InChI=1S/C13H26N2O3/c1-11(16)12-7-4-5-9-15(12)13(17)18-10-6-8-14(2)3/h11-12,16H,4-10H2,1-3H3. The monoisotopic (exact) mass is 258 g/mol. The molecule has 1 amide bonds. The van der Waals surface area contributed by atoms with E-state index in [1.807, 2.05) is 14.1 Å². The molecule has 18 heavy (non-hydrogen) atoms. The van der Waals surface area contributed by atoms with Crippen LogP contribution in [-0.2, 0) is 4.74 Å². The molecule has 1 N–H and O–H groups in total. The number of carbonyl (C=O) groups excluding carboxylic acids is 1. The largest absolute Gasteiger partial charge is 0.449 e. The molecule has 1 aliphatic heterocycles. The van der Waals surface area contributed by atoms with Gasteiger partial charge in [0.1, 0.15) is 0 Å². The Balaban J connectivity index is 2.34. The third kappa shape index (κ3) is 4.82. The minimum atomic E-state index is -0.486. The van der Waals surface area contributed by atoms with Crippen LogP contribution in [0.3, 0.4) is 0 Å². The summed E-state index contributed by atoms with van der Waals surface area (Å²) in [4.78, 5) is 15.7. The number of hydrogen-bond acceptors (Lipinski definition) is 4.